The summed E-state index contributed by atoms with van der Waals surface area (Å²) < 4.78 is 66.1. The Morgan fingerprint density at radius 1 is 1.00 bits per heavy atom. The molecule has 1 unspecified atom stereocenters. The largest absolute Gasteiger partial charge is 0.314 e. The SMILES string of the molecule is CC1CNCCN1Cc1c(F)c(F)c(F)c(F)c1F. The Kier molecular flexibility index (Phi) is 4.05. The molecule has 0 bridgehead atoms. The average molecular weight is 280 g/mol. The Balaban J connectivity index is 2.34. The van der Waals surface area contributed by atoms with E-state index in [1.54, 1.807) is 4.90 Å². The minimum atomic E-state index is -2.12. The molecule has 19 heavy (non-hydrogen) atoms. The second kappa shape index (κ2) is 5.42. The van der Waals surface area contributed by atoms with Gasteiger partial charge in [0.2, 0.25) is 5.82 Å². The Labute approximate surface area is 107 Å². The van der Waals surface area contributed by atoms with Crippen molar-refractivity contribution in [2.45, 2.75) is 19.5 Å². The van der Waals surface area contributed by atoms with Crippen LogP contribution in [-0.4, -0.2) is 30.6 Å². The lowest BCUT2D eigenvalue weighted by Gasteiger charge is -2.34. The number of rotatable bonds is 2. The molecule has 0 aliphatic carbocycles. The van der Waals surface area contributed by atoms with Crippen molar-refractivity contribution in [3.05, 3.63) is 34.6 Å². The van der Waals surface area contributed by atoms with Crippen LogP contribution in [0.4, 0.5) is 22.0 Å². The molecule has 1 aliphatic heterocycles. The quantitative estimate of drug-likeness (QED) is 0.507. The van der Waals surface area contributed by atoms with Crippen LogP contribution in [0.25, 0.3) is 0 Å². The Bertz CT molecular complexity index is 462. The van der Waals surface area contributed by atoms with Gasteiger partial charge in [0.15, 0.2) is 23.3 Å². The summed E-state index contributed by atoms with van der Waals surface area (Å²) in [5.41, 5.74) is -0.773. The molecule has 1 fully saturated rings. The number of hydrogen-bond acceptors (Lipinski definition) is 2. The fourth-order valence-corrected chi connectivity index (χ4v) is 2.11. The lowest BCUT2D eigenvalue weighted by Crippen LogP contribution is -2.49. The maximum absolute atomic E-state index is 13.5. The molecule has 0 aromatic heterocycles. The van der Waals surface area contributed by atoms with Gasteiger partial charge in [-0.1, -0.05) is 0 Å². The first-order chi connectivity index (χ1) is 8.93. The Morgan fingerprint density at radius 2 is 1.53 bits per heavy atom. The third kappa shape index (κ3) is 2.57. The van der Waals surface area contributed by atoms with E-state index in [1.165, 1.54) is 0 Å². The van der Waals surface area contributed by atoms with Gasteiger partial charge in [-0.3, -0.25) is 4.90 Å². The van der Waals surface area contributed by atoms with Crippen LogP contribution in [0.1, 0.15) is 12.5 Å². The Hall–Kier alpha value is -1.21. The molecular formula is C12H13F5N2. The minimum Gasteiger partial charge on any atom is -0.314 e. The summed E-state index contributed by atoms with van der Waals surface area (Å²) in [6.45, 7) is 3.22. The number of benzene rings is 1. The molecule has 1 heterocycles. The van der Waals surface area contributed by atoms with Crippen LogP contribution in [0, 0.1) is 29.1 Å². The van der Waals surface area contributed by atoms with Gasteiger partial charge < -0.3 is 5.32 Å². The lowest BCUT2D eigenvalue weighted by molar-refractivity contribution is 0.160. The monoisotopic (exact) mass is 280 g/mol. The summed E-state index contributed by atoms with van der Waals surface area (Å²) >= 11 is 0. The van der Waals surface area contributed by atoms with E-state index in [1.807, 2.05) is 6.92 Å². The zero-order chi connectivity index (χ0) is 14.2. The standard InChI is InChI=1S/C12H13F5N2/c1-6-4-18-2-3-19(6)5-7-8(13)10(15)12(17)11(16)9(7)14/h6,18H,2-5H2,1H3. The van der Waals surface area contributed by atoms with Crippen LogP contribution in [0.15, 0.2) is 0 Å². The first-order valence-corrected chi connectivity index (χ1v) is 5.88. The van der Waals surface area contributed by atoms with E-state index < -0.39 is 34.6 Å². The fourth-order valence-electron chi connectivity index (χ4n) is 2.11. The summed E-state index contributed by atoms with van der Waals surface area (Å²) in [6.07, 6.45) is 0. The van der Waals surface area contributed by atoms with Crippen molar-refractivity contribution in [1.82, 2.24) is 10.2 Å². The zero-order valence-corrected chi connectivity index (χ0v) is 10.2. The van der Waals surface area contributed by atoms with Gasteiger partial charge in [-0.25, -0.2) is 22.0 Å². The van der Waals surface area contributed by atoms with E-state index in [2.05, 4.69) is 5.32 Å². The molecule has 106 valence electrons. The van der Waals surface area contributed by atoms with Crippen molar-refractivity contribution < 1.29 is 22.0 Å². The molecule has 7 heteroatoms. The second-order valence-electron chi connectivity index (χ2n) is 4.57. The molecule has 2 rings (SSSR count). The number of piperazine rings is 1. The number of halogens is 5. The van der Waals surface area contributed by atoms with E-state index in [4.69, 9.17) is 0 Å². The molecule has 1 atom stereocenters. The predicted octanol–water partition coefficient (Wildman–Crippen LogP) is 2.18. The topological polar surface area (TPSA) is 15.3 Å². The summed E-state index contributed by atoms with van der Waals surface area (Å²) in [6, 6.07) is -0.0382. The summed E-state index contributed by atoms with van der Waals surface area (Å²) in [5.74, 6) is -9.40. The summed E-state index contributed by atoms with van der Waals surface area (Å²) in [5, 5.41) is 3.07. The van der Waals surface area contributed by atoms with E-state index in [9.17, 15) is 22.0 Å². The van der Waals surface area contributed by atoms with Crippen LogP contribution in [-0.2, 0) is 6.54 Å². The van der Waals surface area contributed by atoms with Crippen molar-refractivity contribution >= 4 is 0 Å². The highest BCUT2D eigenvalue weighted by atomic mass is 19.2. The van der Waals surface area contributed by atoms with Crippen LogP contribution < -0.4 is 5.32 Å². The van der Waals surface area contributed by atoms with Crippen molar-refractivity contribution in [2.24, 2.45) is 0 Å². The van der Waals surface area contributed by atoms with Gasteiger partial charge in [0.1, 0.15) is 0 Å². The third-order valence-corrected chi connectivity index (χ3v) is 3.30. The summed E-state index contributed by atoms with van der Waals surface area (Å²) in [7, 11) is 0. The first-order valence-electron chi connectivity index (χ1n) is 5.88. The highest BCUT2D eigenvalue weighted by molar-refractivity contribution is 5.24. The molecule has 0 saturated carbocycles. The van der Waals surface area contributed by atoms with E-state index in [-0.39, 0.29) is 12.6 Å². The van der Waals surface area contributed by atoms with Gasteiger partial charge in [0.25, 0.3) is 0 Å². The van der Waals surface area contributed by atoms with Crippen molar-refractivity contribution in [2.75, 3.05) is 19.6 Å². The molecule has 0 spiro atoms. The molecule has 0 amide bonds. The van der Waals surface area contributed by atoms with Crippen LogP contribution in [0.3, 0.4) is 0 Å². The summed E-state index contributed by atoms with van der Waals surface area (Å²) in [4.78, 5) is 1.68. The first kappa shape index (κ1) is 14.2. The molecule has 0 radical (unpaired) electrons. The minimum absolute atomic E-state index is 0.0382. The van der Waals surface area contributed by atoms with E-state index in [0.29, 0.717) is 19.6 Å². The van der Waals surface area contributed by atoms with E-state index in [0.717, 1.165) is 0 Å². The van der Waals surface area contributed by atoms with Gasteiger partial charge in [0.05, 0.1) is 0 Å². The molecule has 1 aromatic carbocycles. The number of nitrogens with zero attached hydrogens (tertiary/aromatic N) is 1. The number of nitrogens with one attached hydrogen (secondary N) is 1. The zero-order valence-electron chi connectivity index (χ0n) is 10.2. The highest BCUT2D eigenvalue weighted by Gasteiger charge is 2.28. The van der Waals surface area contributed by atoms with Crippen molar-refractivity contribution in [3.8, 4) is 0 Å². The molecule has 1 N–H and O–H groups in total. The molecular weight excluding hydrogens is 267 g/mol. The lowest BCUT2D eigenvalue weighted by atomic mass is 10.1. The van der Waals surface area contributed by atoms with Crippen LogP contribution >= 0.6 is 0 Å². The van der Waals surface area contributed by atoms with Gasteiger partial charge in [-0.15, -0.1) is 0 Å². The van der Waals surface area contributed by atoms with Gasteiger partial charge >= 0.3 is 0 Å². The maximum Gasteiger partial charge on any atom is 0.200 e. The normalized spacial score (nSPS) is 20.8. The maximum atomic E-state index is 13.5. The average Bonchev–Trinajstić information content (AvgIpc) is 2.41. The van der Waals surface area contributed by atoms with Gasteiger partial charge in [-0.05, 0) is 6.92 Å². The Morgan fingerprint density at radius 3 is 2.05 bits per heavy atom. The molecule has 1 aromatic rings. The smallest absolute Gasteiger partial charge is 0.200 e. The molecule has 1 saturated heterocycles. The van der Waals surface area contributed by atoms with Crippen molar-refractivity contribution in [3.63, 3.8) is 0 Å². The fraction of sp³-hybridized carbons (Fsp3) is 0.500. The molecule has 1 aliphatic rings. The van der Waals surface area contributed by atoms with Gasteiger partial charge in [-0.2, -0.15) is 0 Å². The van der Waals surface area contributed by atoms with Crippen LogP contribution in [0.2, 0.25) is 0 Å². The van der Waals surface area contributed by atoms with Crippen molar-refractivity contribution in [1.29, 1.82) is 0 Å². The third-order valence-electron chi connectivity index (χ3n) is 3.30. The highest BCUT2D eigenvalue weighted by Crippen LogP contribution is 2.24. The molecule has 2 nitrogen and oxygen atoms in total. The predicted molar refractivity (Wildman–Crippen MR) is 59.0 cm³/mol. The van der Waals surface area contributed by atoms with Crippen LogP contribution in [0.5, 0.6) is 0 Å². The van der Waals surface area contributed by atoms with Gasteiger partial charge in [0, 0.05) is 37.8 Å². The number of hydrogen-bond donors (Lipinski definition) is 1. The van der Waals surface area contributed by atoms with E-state index >= 15 is 0 Å². The second-order valence-corrected chi connectivity index (χ2v) is 4.57.